The number of hydrogen-bond donors (Lipinski definition) is 2. The molecule has 1 aromatic carbocycles. The van der Waals surface area contributed by atoms with Crippen molar-refractivity contribution in [2.75, 3.05) is 12.0 Å². The second kappa shape index (κ2) is 6.68. The van der Waals surface area contributed by atoms with Gasteiger partial charge in [-0.15, -0.1) is 0 Å². The highest BCUT2D eigenvalue weighted by Gasteiger charge is 2.18. The molecule has 0 spiro atoms. The number of nitrogens with one attached hydrogen (secondary N) is 1. The van der Waals surface area contributed by atoms with Crippen LogP contribution in [0.1, 0.15) is 12.5 Å². The highest BCUT2D eigenvalue weighted by molar-refractivity contribution is 7.90. The molecular weight excluding hydrogens is 264 g/mol. The van der Waals surface area contributed by atoms with E-state index >= 15 is 0 Å². The van der Waals surface area contributed by atoms with Crippen LogP contribution in [0.5, 0.6) is 0 Å². The first kappa shape index (κ1) is 15.7. The molecule has 3 N–H and O–H groups in total. The summed E-state index contributed by atoms with van der Waals surface area (Å²) in [4.78, 5) is 11.8. The summed E-state index contributed by atoms with van der Waals surface area (Å²) in [6, 6.07) is 8.33. The molecule has 0 saturated carbocycles. The van der Waals surface area contributed by atoms with Gasteiger partial charge in [0.15, 0.2) is 0 Å². The van der Waals surface area contributed by atoms with Crippen LogP contribution in [0.2, 0.25) is 0 Å². The van der Waals surface area contributed by atoms with Gasteiger partial charge in [-0.1, -0.05) is 30.3 Å². The van der Waals surface area contributed by atoms with Crippen LogP contribution in [0.15, 0.2) is 30.3 Å². The molecule has 0 heterocycles. The molecule has 0 radical (unpaired) electrons. The predicted octanol–water partition coefficient (Wildman–Crippen LogP) is 0.106. The maximum atomic E-state index is 11.8. The van der Waals surface area contributed by atoms with Crippen molar-refractivity contribution in [1.29, 1.82) is 0 Å². The Kier molecular flexibility index (Phi) is 5.50. The number of sulfone groups is 1. The molecule has 2 atom stereocenters. The van der Waals surface area contributed by atoms with Crippen molar-refractivity contribution in [2.24, 2.45) is 5.73 Å². The molecule has 1 aromatic rings. The van der Waals surface area contributed by atoms with Crippen molar-refractivity contribution < 1.29 is 13.2 Å². The number of hydrogen-bond acceptors (Lipinski definition) is 4. The smallest absolute Gasteiger partial charge is 0.237 e. The fourth-order valence-corrected chi connectivity index (χ4v) is 2.80. The standard InChI is InChI=1S/C13H20N2O3S/c1-10(9-19(2,17)18)15-13(16)12(14)8-11-6-4-3-5-7-11/h3-7,10,12H,8-9,14H2,1-2H3,(H,15,16)/t10?,12-/m1/s1. The summed E-state index contributed by atoms with van der Waals surface area (Å²) < 4.78 is 22.2. The second-order valence-electron chi connectivity index (χ2n) is 4.80. The number of carbonyl (C=O) groups is 1. The van der Waals surface area contributed by atoms with E-state index < -0.39 is 21.9 Å². The van der Waals surface area contributed by atoms with Crippen LogP contribution >= 0.6 is 0 Å². The van der Waals surface area contributed by atoms with E-state index in [1.54, 1.807) is 6.92 Å². The average molecular weight is 284 g/mol. The average Bonchev–Trinajstić information content (AvgIpc) is 2.27. The first-order valence-electron chi connectivity index (χ1n) is 6.05. The van der Waals surface area contributed by atoms with E-state index in [-0.39, 0.29) is 11.7 Å². The van der Waals surface area contributed by atoms with Crippen molar-refractivity contribution in [3.05, 3.63) is 35.9 Å². The number of benzene rings is 1. The van der Waals surface area contributed by atoms with Gasteiger partial charge in [0.05, 0.1) is 11.8 Å². The van der Waals surface area contributed by atoms with Crippen molar-refractivity contribution in [2.45, 2.75) is 25.4 Å². The van der Waals surface area contributed by atoms with Crippen LogP contribution in [-0.2, 0) is 21.1 Å². The number of carbonyl (C=O) groups excluding carboxylic acids is 1. The van der Waals surface area contributed by atoms with E-state index in [4.69, 9.17) is 5.73 Å². The second-order valence-corrected chi connectivity index (χ2v) is 6.98. The molecule has 6 heteroatoms. The van der Waals surface area contributed by atoms with Gasteiger partial charge in [0.25, 0.3) is 0 Å². The molecule has 0 aromatic heterocycles. The Morgan fingerprint density at radius 3 is 2.42 bits per heavy atom. The van der Waals surface area contributed by atoms with Crippen LogP contribution in [0.25, 0.3) is 0 Å². The summed E-state index contributed by atoms with van der Waals surface area (Å²) in [5, 5.41) is 2.61. The molecule has 0 bridgehead atoms. The molecule has 0 saturated heterocycles. The molecule has 0 fully saturated rings. The lowest BCUT2D eigenvalue weighted by molar-refractivity contribution is -0.122. The Balaban J connectivity index is 2.49. The van der Waals surface area contributed by atoms with E-state index in [0.29, 0.717) is 6.42 Å². The van der Waals surface area contributed by atoms with Gasteiger partial charge in [0.1, 0.15) is 9.84 Å². The Morgan fingerprint density at radius 2 is 1.89 bits per heavy atom. The van der Waals surface area contributed by atoms with Gasteiger partial charge in [0.2, 0.25) is 5.91 Å². The van der Waals surface area contributed by atoms with E-state index in [2.05, 4.69) is 5.32 Å². The van der Waals surface area contributed by atoms with Gasteiger partial charge in [-0.2, -0.15) is 0 Å². The van der Waals surface area contributed by atoms with Crippen molar-refractivity contribution >= 4 is 15.7 Å². The van der Waals surface area contributed by atoms with Crippen LogP contribution in [0, 0.1) is 0 Å². The third-order valence-corrected chi connectivity index (χ3v) is 3.68. The Labute approximate surface area is 114 Å². The lowest BCUT2D eigenvalue weighted by Gasteiger charge is -2.17. The number of amides is 1. The van der Waals surface area contributed by atoms with Gasteiger partial charge < -0.3 is 11.1 Å². The molecule has 19 heavy (non-hydrogen) atoms. The minimum absolute atomic E-state index is 0.0865. The van der Waals surface area contributed by atoms with Gasteiger partial charge in [-0.25, -0.2) is 8.42 Å². The number of rotatable bonds is 6. The van der Waals surface area contributed by atoms with E-state index in [1.807, 2.05) is 30.3 Å². The summed E-state index contributed by atoms with van der Waals surface area (Å²) in [5.74, 6) is -0.420. The SMILES string of the molecule is CC(CS(C)(=O)=O)NC(=O)[C@H](N)Cc1ccccc1. The zero-order valence-corrected chi connectivity index (χ0v) is 12.0. The largest absolute Gasteiger partial charge is 0.351 e. The topological polar surface area (TPSA) is 89.3 Å². The highest BCUT2D eigenvalue weighted by atomic mass is 32.2. The van der Waals surface area contributed by atoms with Gasteiger partial charge in [-0.3, -0.25) is 4.79 Å². The molecule has 0 aliphatic heterocycles. The van der Waals surface area contributed by atoms with Crippen LogP contribution in [0.4, 0.5) is 0 Å². The fourth-order valence-electron chi connectivity index (χ4n) is 1.81. The highest BCUT2D eigenvalue weighted by Crippen LogP contribution is 2.02. The van der Waals surface area contributed by atoms with Crippen molar-refractivity contribution in [3.8, 4) is 0 Å². The van der Waals surface area contributed by atoms with Gasteiger partial charge in [-0.05, 0) is 18.9 Å². The molecule has 1 amide bonds. The zero-order valence-electron chi connectivity index (χ0n) is 11.2. The van der Waals surface area contributed by atoms with E-state index in [9.17, 15) is 13.2 Å². The molecule has 5 nitrogen and oxygen atoms in total. The molecule has 0 aliphatic rings. The van der Waals surface area contributed by atoms with Crippen molar-refractivity contribution in [3.63, 3.8) is 0 Å². The van der Waals surface area contributed by atoms with Gasteiger partial charge in [0, 0.05) is 12.3 Å². The van der Waals surface area contributed by atoms with Gasteiger partial charge >= 0.3 is 0 Å². The number of nitrogens with two attached hydrogens (primary N) is 1. The monoisotopic (exact) mass is 284 g/mol. The zero-order chi connectivity index (χ0) is 14.5. The molecule has 1 unspecified atom stereocenters. The Hall–Kier alpha value is -1.40. The minimum atomic E-state index is -3.11. The maximum Gasteiger partial charge on any atom is 0.237 e. The van der Waals surface area contributed by atoms with Crippen LogP contribution in [-0.4, -0.2) is 38.4 Å². The quantitative estimate of drug-likeness (QED) is 0.775. The summed E-state index contributed by atoms with van der Waals surface area (Å²) in [6.45, 7) is 1.65. The van der Waals surface area contributed by atoms with Crippen LogP contribution < -0.4 is 11.1 Å². The molecular formula is C13H20N2O3S. The van der Waals surface area contributed by atoms with Crippen molar-refractivity contribution in [1.82, 2.24) is 5.32 Å². The molecule has 0 aliphatic carbocycles. The summed E-state index contributed by atoms with van der Waals surface area (Å²) in [6.07, 6.45) is 1.57. The van der Waals surface area contributed by atoms with E-state index in [1.165, 1.54) is 0 Å². The third-order valence-electron chi connectivity index (χ3n) is 2.58. The van der Waals surface area contributed by atoms with E-state index in [0.717, 1.165) is 11.8 Å². The lowest BCUT2D eigenvalue weighted by atomic mass is 10.1. The molecule has 1 rings (SSSR count). The lowest BCUT2D eigenvalue weighted by Crippen LogP contribution is -2.47. The normalized spacial score (nSPS) is 14.7. The summed E-state index contributed by atoms with van der Waals surface area (Å²) >= 11 is 0. The maximum absolute atomic E-state index is 11.8. The first-order chi connectivity index (χ1) is 8.78. The fraction of sp³-hybridized carbons (Fsp3) is 0.462. The third kappa shape index (κ3) is 6.35. The summed E-state index contributed by atoms with van der Waals surface area (Å²) in [7, 11) is -3.11. The summed E-state index contributed by atoms with van der Waals surface area (Å²) in [5.41, 5.74) is 6.77. The van der Waals surface area contributed by atoms with Crippen LogP contribution in [0.3, 0.4) is 0 Å². The molecule has 106 valence electrons. The predicted molar refractivity (Wildman–Crippen MR) is 75.4 cm³/mol. The minimum Gasteiger partial charge on any atom is -0.351 e. The Bertz CT molecular complexity index is 514. The Morgan fingerprint density at radius 1 is 1.32 bits per heavy atom. The first-order valence-corrected chi connectivity index (χ1v) is 8.11.